The monoisotopic (exact) mass is 352 g/mol. The molecule has 26 heavy (non-hydrogen) atoms. The zero-order chi connectivity index (χ0) is 18.3. The molecule has 2 aromatic heterocycles. The molecule has 4 rings (SSSR count). The van der Waals surface area contributed by atoms with Gasteiger partial charge >= 0.3 is 6.03 Å². The van der Waals surface area contributed by atoms with Gasteiger partial charge in [0.2, 0.25) is 11.7 Å². The number of hydrogen-bond acceptors (Lipinski definition) is 6. The first-order valence-corrected chi connectivity index (χ1v) is 8.05. The highest BCUT2D eigenvalue weighted by atomic mass is 16.5. The van der Waals surface area contributed by atoms with Crippen molar-refractivity contribution in [2.75, 3.05) is 0 Å². The summed E-state index contributed by atoms with van der Waals surface area (Å²) in [5, 5.41) is 6.58. The molecule has 1 atom stereocenters. The summed E-state index contributed by atoms with van der Waals surface area (Å²) in [4.78, 5) is 30.4. The van der Waals surface area contributed by atoms with Gasteiger partial charge in [-0.1, -0.05) is 28.9 Å². The second-order valence-electron chi connectivity index (χ2n) is 6.30. The lowest BCUT2D eigenvalue weighted by molar-refractivity contribution is -0.132. The maximum atomic E-state index is 12.8. The summed E-state index contributed by atoms with van der Waals surface area (Å²) in [6.45, 7) is 3.45. The first kappa shape index (κ1) is 16.1. The quantitative estimate of drug-likeness (QED) is 0.724. The molecule has 1 saturated heterocycles. The van der Waals surface area contributed by atoms with E-state index in [1.54, 1.807) is 19.1 Å². The Morgan fingerprint density at radius 1 is 1.23 bits per heavy atom. The third-order valence-corrected chi connectivity index (χ3v) is 4.33. The van der Waals surface area contributed by atoms with Crippen LogP contribution in [0.4, 0.5) is 4.79 Å². The lowest BCUT2D eigenvalue weighted by Gasteiger charge is -2.18. The Balaban J connectivity index is 1.56. The zero-order valence-electron chi connectivity index (χ0n) is 14.2. The number of rotatable bonds is 4. The van der Waals surface area contributed by atoms with Gasteiger partial charge in [0.25, 0.3) is 5.91 Å². The summed E-state index contributed by atoms with van der Waals surface area (Å²) in [6.07, 6.45) is 1.45. The molecule has 0 radical (unpaired) electrons. The Morgan fingerprint density at radius 2 is 2.08 bits per heavy atom. The summed E-state index contributed by atoms with van der Waals surface area (Å²) in [5.74, 6) is 0.510. The van der Waals surface area contributed by atoms with Crippen LogP contribution in [-0.4, -0.2) is 27.0 Å². The SMILES string of the molecule is Cc1cccc(-c2noc(CN3C(=O)NC(C)(c4ccco4)C3=O)n2)c1. The molecule has 1 aliphatic heterocycles. The van der Waals surface area contributed by atoms with Crippen LogP contribution in [0.15, 0.2) is 51.6 Å². The van der Waals surface area contributed by atoms with Crippen molar-refractivity contribution in [2.24, 2.45) is 0 Å². The number of aromatic nitrogens is 2. The molecule has 1 unspecified atom stereocenters. The molecule has 3 aromatic rings. The van der Waals surface area contributed by atoms with Crippen LogP contribution in [-0.2, 0) is 16.9 Å². The number of furan rings is 1. The number of nitrogens with zero attached hydrogens (tertiary/aromatic N) is 3. The minimum atomic E-state index is -1.25. The summed E-state index contributed by atoms with van der Waals surface area (Å²) >= 11 is 0. The molecule has 0 aliphatic carbocycles. The Morgan fingerprint density at radius 3 is 2.81 bits per heavy atom. The minimum Gasteiger partial charge on any atom is -0.466 e. The molecule has 0 spiro atoms. The first-order chi connectivity index (χ1) is 12.5. The number of carbonyl (C=O) groups is 2. The van der Waals surface area contributed by atoms with Crippen molar-refractivity contribution in [3.63, 3.8) is 0 Å². The van der Waals surface area contributed by atoms with Crippen LogP contribution in [0.2, 0.25) is 0 Å². The maximum absolute atomic E-state index is 12.8. The van der Waals surface area contributed by atoms with Gasteiger partial charge in [-0.3, -0.25) is 9.69 Å². The van der Waals surface area contributed by atoms with Gasteiger partial charge in [-0.25, -0.2) is 4.79 Å². The molecular weight excluding hydrogens is 336 g/mol. The topological polar surface area (TPSA) is 101 Å². The summed E-state index contributed by atoms with van der Waals surface area (Å²) in [6, 6.07) is 10.4. The summed E-state index contributed by atoms with van der Waals surface area (Å²) in [7, 11) is 0. The summed E-state index contributed by atoms with van der Waals surface area (Å²) in [5.41, 5.74) is 0.620. The highest BCUT2D eigenvalue weighted by Gasteiger charge is 2.51. The van der Waals surface area contributed by atoms with E-state index in [2.05, 4.69) is 15.5 Å². The molecule has 1 aromatic carbocycles. The van der Waals surface area contributed by atoms with Crippen LogP contribution in [0, 0.1) is 6.92 Å². The molecule has 8 heteroatoms. The number of nitrogens with one attached hydrogen (secondary N) is 1. The van der Waals surface area contributed by atoms with Gasteiger partial charge in [0, 0.05) is 5.56 Å². The fraction of sp³-hybridized carbons (Fsp3) is 0.222. The lowest BCUT2D eigenvalue weighted by atomic mass is 9.99. The second kappa shape index (κ2) is 5.83. The van der Waals surface area contributed by atoms with Gasteiger partial charge in [-0.15, -0.1) is 0 Å². The van der Waals surface area contributed by atoms with Crippen LogP contribution >= 0.6 is 0 Å². The van der Waals surface area contributed by atoms with E-state index in [9.17, 15) is 9.59 Å². The Labute approximate surface area is 148 Å². The minimum absolute atomic E-state index is 0.111. The fourth-order valence-corrected chi connectivity index (χ4v) is 2.93. The third kappa shape index (κ3) is 2.55. The zero-order valence-corrected chi connectivity index (χ0v) is 14.2. The van der Waals surface area contributed by atoms with E-state index in [-0.39, 0.29) is 12.4 Å². The highest BCUT2D eigenvalue weighted by molar-refractivity contribution is 6.06. The van der Waals surface area contributed by atoms with E-state index < -0.39 is 17.5 Å². The molecule has 0 bridgehead atoms. The van der Waals surface area contributed by atoms with Crippen molar-refractivity contribution in [2.45, 2.75) is 25.9 Å². The smallest absolute Gasteiger partial charge is 0.325 e. The van der Waals surface area contributed by atoms with E-state index in [0.717, 1.165) is 16.0 Å². The van der Waals surface area contributed by atoms with Crippen LogP contribution in [0.25, 0.3) is 11.4 Å². The van der Waals surface area contributed by atoms with Crippen molar-refractivity contribution >= 4 is 11.9 Å². The molecule has 1 N–H and O–H groups in total. The van der Waals surface area contributed by atoms with Gasteiger partial charge in [-0.05, 0) is 32.0 Å². The Bertz CT molecular complexity index is 979. The molecule has 132 valence electrons. The molecule has 3 amide bonds. The van der Waals surface area contributed by atoms with E-state index in [0.29, 0.717) is 11.6 Å². The van der Waals surface area contributed by atoms with Gasteiger partial charge in [-0.2, -0.15) is 4.98 Å². The van der Waals surface area contributed by atoms with Crippen molar-refractivity contribution in [1.29, 1.82) is 0 Å². The van der Waals surface area contributed by atoms with Crippen LogP contribution in [0.5, 0.6) is 0 Å². The molecule has 1 aliphatic rings. The van der Waals surface area contributed by atoms with Crippen LogP contribution in [0.3, 0.4) is 0 Å². The van der Waals surface area contributed by atoms with Crippen molar-refractivity contribution in [1.82, 2.24) is 20.4 Å². The largest absolute Gasteiger partial charge is 0.466 e. The predicted octanol–water partition coefficient (Wildman–Crippen LogP) is 2.61. The van der Waals surface area contributed by atoms with Crippen molar-refractivity contribution in [3.8, 4) is 11.4 Å². The summed E-state index contributed by atoms with van der Waals surface area (Å²) < 4.78 is 10.5. The number of hydrogen-bond donors (Lipinski definition) is 1. The van der Waals surface area contributed by atoms with Crippen LogP contribution < -0.4 is 5.32 Å². The van der Waals surface area contributed by atoms with Crippen molar-refractivity contribution in [3.05, 3.63) is 59.9 Å². The van der Waals surface area contributed by atoms with Crippen LogP contribution in [0.1, 0.15) is 24.1 Å². The average Bonchev–Trinajstić information content (AvgIpc) is 3.34. The van der Waals surface area contributed by atoms with Gasteiger partial charge < -0.3 is 14.3 Å². The van der Waals surface area contributed by atoms with Gasteiger partial charge in [0.15, 0.2) is 5.54 Å². The Kier molecular flexibility index (Phi) is 3.61. The Hall–Kier alpha value is -3.42. The number of amides is 3. The molecular formula is C18H16N4O4. The standard InChI is InChI=1S/C18H16N4O4/c1-11-5-3-6-12(9-11)15-19-14(26-21-15)10-22-16(23)18(2,20-17(22)24)13-7-4-8-25-13/h3-9H,10H2,1-2H3,(H,20,24). The maximum Gasteiger partial charge on any atom is 0.325 e. The number of urea groups is 1. The predicted molar refractivity (Wildman–Crippen MR) is 89.6 cm³/mol. The number of benzene rings is 1. The van der Waals surface area contributed by atoms with E-state index in [4.69, 9.17) is 8.94 Å². The molecule has 8 nitrogen and oxygen atoms in total. The van der Waals surface area contributed by atoms with E-state index in [1.165, 1.54) is 6.26 Å². The van der Waals surface area contributed by atoms with E-state index in [1.807, 2.05) is 31.2 Å². The third-order valence-electron chi connectivity index (χ3n) is 4.33. The molecule has 1 fully saturated rings. The number of imide groups is 1. The number of aryl methyl sites for hydroxylation is 1. The number of carbonyl (C=O) groups excluding carboxylic acids is 2. The molecule has 3 heterocycles. The van der Waals surface area contributed by atoms with E-state index >= 15 is 0 Å². The van der Waals surface area contributed by atoms with Gasteiger partial charge in [0.05, 0.1) is 6.26 Å². The van der Waals surface area contributed by atoms with Gasteiger partial charge in [0.1, 0.15) is 12.3 Å². The fourth-order valence-electron chi connectivity index (χ4n) is 2.93. The normalized spacial score (nSPS) is 19.8. The molecule has 0 saturated carbocycles. The average molecular weight is 352 g/mol. The second-order valence-corrected chi connectivity index (χ2v) is 6.30. The first-order valence-electron chi connectivity index (χ1n) is 8.05. The highest BCUT2D eigenvalue weighted by Crippen LogP contribution is 2.30. The lowest BCUT2D eigenvalue weighted by Crippen LogP contribution is -2.40. The van der Waals surface area contributed by atoms with Crippen molar-refractivity contribution < 1.29 is 18.5 Å².